The summed E-state index contributed by atoms with van der Waals surface area (Å²) in [5.41, 5.74) is 1.35. The highest BCUT2D eigenvalue weighted by Crippen LogP contribution is 2.34. The molecule has 0 saturated carbocycles. The molecule has 0 bridgehead atoms. The van der Waals surface area contributed by atoms with Crippen LogP contribution in [0.25, 0.3) is 16.7 Å². The molecular formula is C23H26Cl2N4O3. The molecule has 1 atom stereocenters. The Balaban J connectivity index is 1.66. The van der Waals surface area contributed by atoms with Gasteiger partial charge in [-0.1, -0.05) is 35.3 Å². The Morgan fingerprint density at radius 1 is 1.19 bits per heavy atom. The summed E-state index contributed by atoms with van der Waals surface area (Å²) in [4.78, 5) is 23.0. The molecule has 170 valence electrons. The molecule has 1 aliphatic heterocycles. The number of halogens is 2. The van der Waals surface area contributed by atoms with Crippen molar-refractivity contribution in [2.75, 3.05) is 13.2 Å². The highest BCUT2D eigenvalue weighted by Gasteiger charge is 2.39. The molecule has 1 fully saturated rings. The average molecular weight is 477 g/mol. The van der Waals surface area contributed by atoms with Crippen LogP contribution in [0.2, 0.25) is 10.3 Å². The smallest absolute Gasteiger partial charge is 0.410 e. The lowest BCUT2D eigenvalue weighted by Crippen LogP contribution is -2.53. The third-order valence-electron chi connectivity index (χ3n) is 5.23. The summed E-state index contributed by atoms with van der Waals surface area (Å²) in [6.07, 6.45) is 1.06. The predicted molar refractivity (Wildman–Crippen MR) is 125 cm³/mol. The van der Waals surface area contributed by atoms with E-state index in [1.54, 1.807) is 15.5 Å². The number of carbonyl (C=O) groups is 1. The predicted octanol–water partition coefficient (Wildman–Crippen LogP) is 5.81. The molecule has 32 heavy (non-hydrogen) atoms. The fraction of sp³-hybridized carbons (Fsp3) is 0.435. The van der Waals surface area contributed by atoms with Crippen molar-refractivity contribution in [1.29, 1.82) is 0 Å². The SMILES string of the molecule is CC(C)(C)OC(=O)N1CC(C)(C)OC[C@H]1c1ccc(-n2c(Cl)cc3c(Cl)ncnc32)cc1. The van der Waals surface area contributed by atoms with Gasteiger partial charge in [-0.2, -0.15) is 0 Å². The molecule has 0 unspecified atom stereocenters. The minimum atomic E-state index is -0.580. The van der Waals surface area contributed by atoms with Crippen LogP contribution in [-0.4, -0.2) is 49.9 Å². The highest BCUT2D eigenvalue weighted by molar-refractivity contribution is 6.36. The Labute approximate surface area is 197 Å². The lowest BCUT2D eigenvalue weighted by Gasteiger charge is -2.44. The van der Waals surface area contributed by atoms with Gasteiger partial charge in [0.15, 0.2) is 5.65 Å². The molecule has 2 aromatic heterocycles. The van der Waals surface area contributed by atoms with Gasteiger partial charge in [0, 0.05) is 5.69 Å². The van der Waals surface area contributed by atoms with Crippen LogP contribution in [0.15, 0.2) is 36.7 Å². The molecule has 0 spiro atoms. The van der Waals surface area contributed by atoms with Crippen molar-refractivity contribution in [2.24, 2.45) is 0 Å². The van der Waals surface area contributed by atoms with Crippen molar-refractivity contribution >= 4 is 40.3 Å². The van der Waals surface area contributed by atoms with E-state index in [1.165, 1.54) is 6.33 Å². The maximum absolute atomic E-state index is 13.0. The van der Waals surface area contributed by atoms with Gasteiger partial charge in [0.25, 0.3) is 0 Å². The summed E-state index contributed by atoms with van der Waals surface area (Å²) < 4.78 is 13.5. The van der Waals surface area contributed by atoms with Gasteiger partial charge in [0.2, 0.25) is 0 Å². The zero-order chi connectivity index (χ0) is 23.3. The van der Waals surface area contributed by atoms with Gasteiger partial charge in [-0.3, -0.25) is 9.47 Å². The maximum Gasteiger partial charge on any atom is 0.410 e. The number of fused-ring (bicyclic) bond motifs is 1. The number of carbonyl (C=O) groups excluding carboxylic acids is 1. The molecule has 3 aromatic rings. The van der Waals surface area contributed by atoms with Crippen LogP contribution in [0, 0.1) is 0 Å². The van der Waals surface area contributed by atoms with Crippen molar-refractivity contribution in [3.05, 3.63) is 52.5 Å². The molecule has 7 nitrogen and oxygen atoms in total. The van der Waals surface area contributed by atoms with Crippen LogP contribution in [-0.2, 0) is 9.47 Å². The second-order valence-corrected chi connectivity index (χ2v) is 10.2. The molecular weight excluding hydrogens is 451 g/mol. The summed E-state index contributed by atoms with van der Waals surface area (Å²) in [5, 5.41) is 1.51. The molecule has 1 aromatic carbocycles. The first-order valence-corrected chi connectivity index (χ1v) is 11.1. The minimum absolute atomic E-state index is 0.263. The third kappa shape index (κ3) is 4.56. The van der Waals surface area contributed by atoms with Gasteiger partial charge in [0.1, 0.15) is 22.2 Å². The van der Waals surface area contributed by atoms with Crippen molar-refractivity contribution in [2.45, 2.75) is 51.9 Å². The quantitative estimate of drug-likeness (QED) is 0.436. The highest BCUT2D eigenvalue weighted by atomic mass is 35.5. The van der Waals surface area contributed by atoms with E-state index < -0.39 is 11.2 Å². The van der Waals surface area contributed by atoms with Gasteiger partial charge in [-0.25, -0.2) is 14.8 Å². The molecule has 4 rings (SSSR count). The Hall–Kier alpha value is -2.35. The van der Waals surface area contributed by atoms with E-state index in [0.29, 0.717) is 34.5 Å². The van der Waals surface area contributed by atoms with Gasteiger partial charge in [-0.15, -0.1) is 0 Å². The Morgan fingerprint density at radius 2 is 1.88 bits per heavy atom. The van der Waals surface area contributed by atoms with Crippen molar-refractivity contribution in [3.8, 4) is 5.69 Å². The molecule has 0 radical (unpaired) electrons. The van der Waals surface area contributed by atoms with E-state index in [9.17, 15) is 4.79 Å². The summed E-state index contributed by atoms with van der Waals surface area (Å²) in [6.45, 7) is 10.3. The fourth-order valence-electron chi connectivity index (χ4n) is 3.79. The maximum atomic E-state index is 13.0. The summed E-state index contributed by atoms with van der Waals surface area (Å²) in [6, 6.07) is 9.27. The van der Waals surface area contributed by atoms with Crippen molar-refractivity contribution in [3.63, 3.8) is 0 Å². The molecule has 0 aliphatic carbocycles. The number of morpholine rings is 1. The van der Waals surface area contributed by atoms with Crippen LogP contribution in [0.3, 0.4) is 0 Å². The number of nitrogens with zero attached hydrogens (tertiary/aromatic N) is 4. The number of benzene rings is 1. The zero-order valence-electron chi connectivity index (χ0n) is 18.7. The van der Waals surface area contributed by atoms with E-state index in [-0.39, 0.29) is 12.1 Å². The number of ether oxygens (including phenoxy) is 2. The van der Waals surface area contributed by atoms with Crippen LogP contribution in [0.5, 0.6) is 0 Å². The number of hydrogen-bond donors (Lipinski definition) is 0. The van der Waals surface area contributed by atoms with Gasteiger partial charge >= 0.3 is 6.09 Å². The second kappa shape index (κ2) is 8.21. The number of amides is 1. The largest absolute Gasteiger partial charge is 0.444 e. The van der Waals surface area contributed by atoms with Crippen molar-refractivity contribution < 1.29 is 14.3 Å². The molecule has 1 aliphatic rings. The molecule has 1 amide bonds. The number of aromatic nitrogens is 3. The molecule has 3 heterocycles. The molecule has 0 N–H and O–H groups in total. The Morgan fingerprint density at radius 3 is 2.53 bits per heavy atom. The molecule has 1 saturated heterocycles. The lowest BCUT2D eigenvalue weighted by molar-refractivity contribution is -0.114. The van der Waals surface area contributed by atoms with Gasteiger partial charge < -0.3 is 9.47 Å². The molecule has 9 heteroatoms. The summed E-state index contributed by atoms with van der Waals surface area (Å²) in [7, 11) is 0. The van der Waals surface area contributed by atoms with E-state index in [1.807, 2.05) is 58.9 Å². The number of hydrogen-bond acceptors (Lipinski definition) is 5. The summed E-state index contributed by atoms with van der Waals surface area (Å²) in [5.74, 6) is 0. The van der Waals surface area contributed by atoms with E-state index in [2.05, 4.69) is 9.97 Å². The number of rotatable bonds is 2. The van der Waals surface area contributed by atoms with Gasteiger partial charge in [-0.05, 0) is 58.4 Å². The van der Waals surface area contributed by atoms with Crippen LogP contribution in [0.4, 0.5) is 4.79 Å². The Kier molecular flexibility index (Phi) is 5.86. The van der Waals surface area contributed by atoms with Crippen LogP contribution >= 0.6 is 23.2 Å². The summed E-state index contributed by atoms with van der Waals surface area (Å²) >= 11 is 12.7. The topological polar surface area (TPSA) is 69.5 Å². The third-order valence-corrected chi connectivity index (χ3v) is 5.81. The normalized spacial score (nSPS) is 18.7. The van der Waals surface area contributed by atoms with E-state index in [0.717, 1.165) is 11.3 Å². The monoisotopic (exact) mass is 476 g/mol. The second-order valence-electron chi connectivity index (χ2n) is 9.49. The first-order valence-electron chi connectivity index (χ1n) is 10.4. The minimum Gasteiger partial charge on any atom is -0.444 e. The van der Waals surface area contributed by atoms with Crippen molar-refractivity contribution in [1.82, 2.24) is 19.4 Å². The fourth-order valence-corrected chi connectivity index (χ4v) is 4.26. The van der Waals surface area contributed by atoms with Crippen LogP contribution in [0.1, 0.15) is 46.2 Å². The first kappa shape index (κ1) is 22.8. The van der Waals surface area contributed by atoms with E-state index in [4.69, 9.17) is 32.7 Å². The lowest BCUT2D eigenvalue weighted by atomic mass is 9.99. The standard InChI is InChI=1S/C23H26Cl2N4O3/c1-22(2,3)32-21(30)28-12-23(4,5)31-11-17(28)14-6-8-15(9-7-14)29-18(24)10-16-19(25)26-13-27-20(16)29/h6-10,13,17H,11-12H2,1-5H3/t17-/m0/s1. The van der Waals surface area contributed by atoms with Crippen LogP contribution < -0.4 is 0 Å². The Bertz CT molecular complexity index is 1150. The van der Waals surface area contributed by atoms with E-state index >= 15 is 0 Å². The average Bonchev–Trinajstić information content (AvgIpc) is 3.04. The van der Waals surface area contributed by atoms with Gasteiger partial charge in [0.05, 0.1) is 30.2 Å². The first-order chi connectivity index (χ1) is 15.0. The zero-order valence-corrected chi connectivity index (χ0v) is 20.2.